The average molecular weight is 500 g/mol. The summed E-state index contributed by atoms with van der Waals surface area (Å²) in [5.41, 5.74) is 1.29. The summed E-state index contributed by atoms with van der Waals surface area (Å²) < 4.78 is 9.38. The van der Waals surface area contributed by atoms with E-state index < -0.39 is 0 Å². The third-order valence-corrected chi connectivity index (χ3v) is 6.57. The Labute approximate surface area is 211 Å². The minimum Gasteiger partial charge on any atom is -0.457 e. The van der Waals surface area contributed by atoms with Crippen LogP contribution in [-0.2, 0) is 11.3 Å². The Morgan fingerprint density at radius 1 is 0.972 bits per heavy atom. The first-order valence-corrected chi connectivity index (χ1v) is 12.7. The van der Waals surface area contributed by atoms with Gasteiger partial charge in [-0.1, -0.05) is 61.5 Å². The zero-order valence-corrected chi connectivity index (χ0v) is 20.6. The predicted molar refractivity (Wildman–Crippen MR) is 142 cm³/mol. The molecule has 5 rings (SSSR count). The number of para-hydroxylation sites is 2. The molecule has 2 heterocycles. The summed E-state index contributed by atoms with van der Waals surface area (Å²) in [6.07, 6.45) is 1.82. The molecule has 0 bridgehead atoms. The molecule has 0 aliphatic heterocycles. The van der Waals surface area contributed by atoms with E-state index in [1.54, 1.807) is 10.6 Å². The maximum atomic E-state index is 13.1. The molecule has 0 aliphatic rings. The molecule has 0 aliphatic carbocycles. The second-order valence-electron chi connectivity index (χ2n) is 8.23. The number of fused-ring (bicyclic) bond motifs is 3. The molecule has 2 aromatic heterocycles. The van der Waals surface area contributed by atoms with Gasteiger partial charge in [-0.05, 0) is 42.8 Å². The molecule has 0 saturated heterocycles. The third-order valence-electron chi connectivity index (χ3n) is 5.64. The summed E-state index contributed by atoms with van der Waals surface area (Å²) >= 11 is 1.27. The SMILES string of the molecule is CCCCn1c(=O)c2ccccc2n2c(SCC(=O)Nc3cccc(Oc4ccccc4)c3)nnc12. The number of ether oxygens (including phenoxy) is 1. The molecule has 0 saturated carbocycles. The molecular formula is C27H25N5O3S. The summed E-state index contributed by atoms with van der Waals surface area (Å²) in [4.78, 5) is 25.8. The summed E-state index contributed by atoms with van der Waals surface area (Å²) in [6, 6.07) is 24.1. The van der Waals surface area contributed by atoms with Crippen LogP contribution >= 0.6 is 11.8 Å². The maximum absolute atomic E-state index is 13.1. The zero-order chi connectivity index (χ0) is 24.9. The summed E-state index contributed by atoms with van der Waals surface area (Å²) in [5.74, 6) is 1.79. The molecule has 0 radical (unpaired) electrons. The molecule has 1 amide bonds. The number of amides is 1. The van der Waals surface area contributed by atoms with Crippen LogP contribution in [0.25, 0.3) is 16.7 Å². The maximum Gasteiger partial charge on any atom is 0.262 e. The van der Waals surface area contributed by atoms with Gasteiger partial charge in [-0.2, -0.15) is 0 Å². The van der Waals surface area contributed by atoms with Crippen molar-refractivity contribution >= 4 is 40.0 Å². The van der Waals surface area contributed by atoms with Crippen LogP contribution in [0, 0.1) is 0 Å². The van der Waals surface area contributed by atoms with E-state index in [1.165, 1.54) is 11.8 Å². The van der Waals surface area contributed by atoms with Gasteiger partial charge in [0.15, 0.2) is 5.16 Å². The lowest BCUT2D eigenvalue weighted by Gasteiger charge is -2.11. The highest BCUT2D eigenvalue weighted by Gasteiger charge is 2.17. The van der Waals surface area contributed by atoms with Crippen molar-refractivity contribution in [1.29, 1.82) is 0 Å². The molecule has 5 aromatic rings. The quantitative estimate of drug-likeness (QED) is 0.274. The number of hydrogen-bond acceptors (Lipinski definition) is 6. The topological polar surface area (TPSA) is 90.5 Å². The van der Waals surface area contributed by atoms with Crippen molar-refractivity contribution in [2.45, 2.75) is 31.5 Å². The molecular weight excluding hydrogens is 474 g/mol. The fraction of sp³-hybridized carbons (Fsp3) is 0.185. The first kappa shape index (κ1) is 23.6. The fourth-order valence-corrected chi connectivity index (χ4v) is 4.67. The second kappa shape index (κ2) is 10.7. The highest BCUT2D eigenvalue weighted by Crippen LogP contribution is 2.25. The number of aromatic nitrogens is 4. The molecule has 8 nitrogen and oxygen atoms in total. The number of carbonyl (C=O) groups excluding carboxylic acids is 1. The highest BCUT2D eigenvalue weighted by molar-refractivity contribution is 7.99. The Hall–Kier alpha value is -4.11. The van der Waals surface area contributed by atoms with Crippen molar-refractivity contribution in [1.82, 2.24) is 19.2 Å². The fourth-order valence-electron chi connectivity index (χ4n) is 3.93. The summed E-state index contributed by atoms with van der Waals surface area (Å²) in [6.45, 7) is 2.64. The highest BCUT2D eigenvalue weighted by atomic mass is 32.2. The minimum atomic E-state index is -0.183. The van der Waals surface area contributed by atoms with Gasteiger partial charge in [0.05, 0.1) is 16.7 Å². The van der Waals surface area contributed by atoms with Gasteiger partial charge >= 0.3 is 0 Å². The van der Waals surface area contributed by atoms with Gasteiger partial charge < -0.3 is 10.1 Å². The van der Waals surface area contributed by atoms with Crippen LogP contribution in [0.3, 0.4) is 0 Å². The molecule has 182 valence electrons. The second-order valence-corrected chi connectivity index (χ2v) is 9.17. The van der Waals surface area contributed by atoms with E-state index >= 15 is 0 Å². The van der Waals surface area contributed by atoms with E-state index in [0.717, 1.165) is 24.1 Å². The molecule has 1 N–H and O–H groups in total. The van der Waals surface area contributed by atoms with E-state index in [0.29, 0.717) is 34.3 Å². The number of nitrogens with one attached hydrogen (secondary N) is 1. The lowest BCUT2D eigenvalue weighted by Crippen LogP contribution is -2.23. The largest absolute Gasteiger partial charge is 0.457 e. The van der Waals surface area contributed by atoms with Crippen molar-refractivity contribution in [3.8, 4) is 11.5 Å². The zero-order valence-electron chi connectivity index (χ0n) is 19.8. The molecule has 0 spiro atoms. The predicted octanol–water partition coefficient (Wildman–Crippen LogP) is 5.37. The minimum absolute atomic E-state index is 0.0779. The van der Waals surface area contributed by atoms with Crippen LogP contribution in [0.4, 0.5) is 5.69 Å². The van der Waals surface area contributed by atoms with Crippen molar-refractivity contribution in [2.24, 2.45) is 0 Å². The smallest absolute Gasteiger partial charge is 0.262 e. The van der Waals surface area contributed by atoms with Gasteiger partial charge in [0.1, 0.15) is 11.5 Å². The Morgan fingerprint density at radius 3 is 2.58 bits per heavy atom. The Morgan fingerprint density at radius 2 is 1.75 bits per heavy atom. The average Bonchev–Trinajstić information content (AvgIpc) is 3.32. The third kappa shape index (κ3) is 4.96. The van der Waals surface area contributed by atoms with Crippen LogP contribution in [0.5, 0.6) is 11.5 Å². The number of benzene rings is 3. The van der Waals surface area contributed by atoms with Gasteiger partial charge in [-0.3, -0.25) is 18.6 Å². The molecule has 0 fully saturated rings. The number of thioether (sulfide) groups is 1. The number of aryl methyl sites for hydroxylation is 1. The molecule has 9 heteroatoms. The first-order valence-electron chi connectivity index (χ1n) is 11.8. The van der Waals surface area contributed by atoms with Crippen molar-refractivity contribution in [3.05, 3.63) is 89.2 Å². The van der Waals surface area contributed by atoms with Gasteiger partial charge in [-0.15, -0.1) is 10.2 Å². The number of carbonyl (C=O) groups is 1. The van der Waals surface area contributed by atoms with Crippen molar-refractivity contribution < 1.29 is 9.53 Å². The van der Waals surface area contributed by atoms with Gasteiger partial charge in [0, 0.05) is 18.3 Å². The molecule has 36 heavy (non-hydrogen) atoms. The van der Waals surface area contributed by atoms with E-state index in [1.807, 2.05) is 77.2 Å². The molecule has 0 unspecified atom stereocenters. The van der Waals surface area contributed by atoms with Crippen LogP contribution in [0.15, 0.2) is 88.8 Å². The van der Waals surface area contributed by atoms with E-state index in [-0.39, 0.29) is 17.2 Å². The van der Waals surface area contributed by atoms with Crippen LogP contribution in [0.1, 0.15) is 19.8 Å². The first-order chi connectivity index (χ1) is 17.6. The van der Waals surface area contributed by atoms with Crippen molar-refractivity contribution in [2.75, 3.05) is 11.1 Å². The van der Waals surface area contributed by atoms with E-state index in [9.17, 15) is 9.59 Å². The van der Waals surface area contributed by atoms with Crippen molar-refractivity contribution in [3.63, 3.8) is 0 Å². The van der Waals surface area contributed by atoms with Gasteiger partial charge in [-0.25, -0.2) is 0 Å². The van der Waals surface area contributed by atoms with Gasteiger partial charge in [0.25, 0.3) is 5.56 Å². The monoisotopic (exact) mass is 499 g/mol. The number of nitrogens with zero attached hydrogens (tertiary/aromatic N) is 4. The number of unbranched alkanes of at least 4 members (excludes halogenated alkanes) is 1. The van der Waals surface area contributed by atoms with E-state index in [2.05, 4.69) is 22.4 Å². The normalized spacial score (nSPS) is 11.1. The Kier molecular flexibility index (Phi) is 6.99. The lowest BCUT2D eigenvalue weighted by atomic mass is 10.2. The molecule has 0 atom stereocenters. The lowest BCUT2D eigenvalue weighted by molar-refractivity contribution is -0.113. The number of rotatable bonds is 9. The van der Waals surface area contributed by atoms with E-state index in [4.69, 9.17) is 4.74 Å². The standard InChI is InChI=1S/C27H25N5O3S/c1-2-3-16-31-25(34)22-14-7-8-15-23(22)32-26(31)29-30-27(32)36-18-24(33)28-19-10-9-13-21(17-19)35-20-11-5-4-6-12-20/h4-15,17H,2-3,16,18H2,1H3,(H,28,33). The van der Waals surface area contributed by atoms with Crippen LogP contribution < -0.4 is 15.6 Å². The Bertz CT molecular complexity index is 1580. The number of hydrogen-bond donors (Lipinski definition) is 1. The summed E-state index contributed by atoms with van der Waals surface area (Å²) in [5, 5.41) is 12.7. The number of anilines is 1. The summed E-state index contributed by atoms with van der Waals surface area (Å²) in [7, 11) is 0. The molecule has 3 aromatic carbocycles. The Balaban J connectivity index is 1.34. The van der Waals surface area contributed by atoms with Gasteiger partial charge in [0.2, 0.25) is 11.7 Å². The van der Waals surface area contributed by atoms with Crippen LogP contribution in [-0.4, -0.2) is 30.8 Å². The van der Waals surface area contributed by atoms with Crippen LogP contribution in [0.2, 0.25) is 0 Å².